The molecule has 0 aliphatic heterocycles. The van der Waals surface area contributed by atoms with Crippen molar-refractivity contribution in [1.29, 1.82) is 0 Å². The molecule has 0 radical (unpaired) electrons. The molecule has 0 aromatic rings. The van der Waals surface area contributed by atoms with Gasteiger partial charge in [-0.15, -0.1) is 0 Å². The van der Waals surface area contributed by atoms with Crippen LogP contribution < -0.4 is 5.32 Å². The van der Waals surface area contributed by atoms with Crippen molar-refractivity contribution in [2.75, 3.05) is 6.54 Å². The number of allylic oxidation sites excluding steroid dienone is 1. The third-order valence-electron chi connectivity index (χ3n) is 2.87. The summed E-state index contributed by atoms with van der Waals surface area (Å²) in [5.74, 6) is 1.45. The molecule has 1 atom stereocenters. The highest BCUT2D eigenvalue weighted by Crippen LogP contribution is 2.10. The summed E-state index contributed by atoms with van der Waals surface area (Å²) in [7, 11) is 0. The Morgan fingerprint density at radius 2 is 1.86 bits per heavy atom. The van der Waals surface area contributed by atoms with Gasteiger partial charge in [-0.25, -0.2) is 0 Å². The Morgan fingerprint density at radius 3 is 2.36 bits per heavy atom. The highest BCUT2D eigenvalue weighted by molar-refractivity contribution is 4.93. The van der Waals surface area contributed by atoms with Crippen LogP contribution in [0.5, 0.6) is 0 Å². The monoisotopic (exact) mass is 197 g/mol. The Bertz CT molecular complexity index is 149. The number of hydrogen-bond donors (Lipinski definition) is 1. The van der Waals surface area contributed by atoms with Gasteiger partial charge in [-0.3, -0.25) is 0 Å². The lowest BCUT2D eigenvalue weighted by Gasteiger charge is -2.13. The normalized spacial score (nSPS) is 12.9. The molecule has 0 rings (SSSR count). The fourth-order valence-electron chi connectivity index (χ4n) is 1.27. The van der Waals surface area contributed by atoms with E-state index >= 15 is 0 Å². The Morgan fingerprint density at radius 1 is 1.21 bits per heavy atom. The Labute approximate surface area is 90.0 Å². The largest absolute Gasteiger partial charge is 0.389 e. The van der Waals surface area contributed by atoms with Gasteiger partial charge >= 0.3 is 0 Å². The van der Waals surface area contributed by atoms with E-state index in [1.807, 2.05) is 0 Å². The van der Waals surface area contributed by atoms with Gasteiger partial charge in [0.2, 0.25) is 0 Å². The lowest BCUT2D eigenvalue weighted by Crippen LogP contribution is -2.17. The van der Waals surface area contributed by atoms with Crippen LogP contribution in [0.4, 0.5) is 0 Å². The molecule has 0 aromatic carbocycles. The van der Waals surface area contributed by atoms with Crippen molar-refractivity contribution in [3.05, 3.63) is 12.3 Å². The van der Waals surface area contributed by atoms with Crippen LogP contribution in [0.25, 0.3) is 0 Å². The summed E-state index contributed by atoms with van der Waals surface area (Å²) >= 11 is 0. The first-order valence-electron chi connectivity index (χ1n) is 6.00. The summed E-state index contributed by atoms with van der Waals surface area (Å²) in [6, 6.07) is 0. The van der Waals surface area contributed by atoms with Gasteiger partial charge in [0.05, 0.1) is 0 Å². The molecule has 0 saturated heterocycles. The van der Waals surface area contributed by atoms with Gasteiger partial charge in [0, 0.05) is 12.2 Å². The van der Waals surface area contributed by atoms with Gasteiger partial charge in [0.15, 0.2) is 0 Å². The van der Waals surface area contributed by atoms with Crippen LogP contribution in [0.3, 0.4) is 0 Å². The maximum Gasteiger partial charge on any atom is 0.0143 e. The van der Waals surface area contributed by atoms with Crippen molar-refractivity contribution < 1.29 is 0 Å². The van der Waals surface area contributed by atoms with E-state index in [-0.39, 0.29) is 0 Å². The summed E-state index contributed by atoms with van der Waals surface area (Å²) in [4.78, 5) is 0. The highest BCUT2D eigenvalue weighted by Gasteiger charge is 2.00. The van der Waals surface area contributed by atoms with Crippen molar-refractivity contribution in [2.24, 2.45) is 11.8 Å². The number of unbranched alkanes of at least 4 members (excludes halogenated alkanes) is 1. The maximum absolute atomic E-state index is 3.99. The molecule has 0 spiro atoms. The molecule has 1 N–H and O–H groups in total. The van der Waals surface area contributed by atoms with E-state index in [4.69, 9.17) is 0 Å². The molecule has 1 heteroatoms. The van der Waals surface area contributed by atoms with E-state index in [1.54, 1.807) is 0 Å². The van der Waals surface area contributed by atoms with Gasteiger partial charge in [0.1, 0.15) is 0 Å². The summed E-state index contributed by atoms with van der Waals surface area (Å²) in [5, 5.41) is 3.38. The predicted octanol–water partition coefficient (Wildman–Crippen LogP) is 3.96. The summed E-state index contributed by atoms with van der Waals surface area (Å²) in [5.41, 5.74) is 1.17. The zero-order valence-electron chi connectivity index (χ0n) is 10.4. The molecule has 1 nitrogen and oxygen atoms in total. The van der Waals surface area contributed by atoms with Crippen molar-refractivity contribution >= 4 is 0 Å². The number of nitrogens with one attached hydrogen (secondary N) is 1. The predicted molar refractivity (Wildman–Crippen MR) is 65.3 cm³/mol. The molecular weight excluding hydrogens is 170 g/mol. The third-order valence-corrected chi connectivity index (χ3v) is 2.87. The van der Waals surface area contributed by atoms with E-state index in [2.05, 4.69) is 39.6 Å². The molecule has 0 fully saturated rings. The molecular formula is C13H27N. The van der Waals surface area contributed by atoms with Crippen LogP contribution in [0.15, 0.2) is 12.3 Å². The second-order valence-electron chi connectivity index (χ2n) is 4.62. The highest BCUT2D eigenvalue weighted by atomic mass is 14.9. The lowest BCUT2D eigenvalue weighted by molar-refractivity contribution is 0.478. The molecule has 0 heterocycles. The Kier molecular flexibility index (Phi) is 7.64. The van der Waals surface area contributed by atoms with Crippen molar-refractivity contribution in [1.82, 2.24) is 5.32 Å². The van der Waals surface area contributed by atoms with Gasteiger partial charge in [-0.1, -0.05) is 53.5 Å². The molecule has 0 aromatic heterocycles. The van der Waals surface area contributed by atoms with Crippen LogP contribution in [0.2, 0.25) is 0 Å². The minimum atomic E-state index is 0.560. The number of hydrogen-bond acceptors (Lipinski definition) is 1. The van der Waals surface area contributed by atoms with Crippen LogP contribution in [-0.2, 0) is 0 Å². The first-order valence-corrected chi connectivity index (χ1v) is 6.00. The smallest absolute Gasteiger partial charge is 0.0143 e. The average molecular weight is 197 g/mol. The SMILES string of the molecule is C=C(NCCCCC(C)CC)C(C)C. The minimum Gasteiger partial charge on any atom is -0.389 e. The lowest BCUT2D eigenvalue weighted by atomic mass is 10.0. The van der Waals surface area contributed by atoms with E-state index in [0.717, 1.165) is 12.5 Å². The van der Waals surface area contributed by atoms with E-state index in [9.17, 15) is 0 Å². The van der Waals surface area contributed by atoms with Gasteiger partial charge in [-0.05, 0) is 18.3 Å². The van der Waals surface area contributed by atoms with Crippen LogP contribution >= 0.6 is 0 Å². The second kappa shape index (κ2) is 7.90. The van der Waals surface area contributed by atoms with Gasteiger partial charge in [-0.2, -0.15) is 0 Å². The minimum absolute atomic E-state index is 0.560. The summed E-state index contributed by atoms with van der Waals surface area (Å²) < 4.78 is 0. The zero-order valence-corrected chi connectivity index (χ0v) is 10.4. The van der Waals surface area contributed by atoms with Crippen molar-refractivity contribution in [3.8, 4) is 0 Å². The Balaban J connectivity index is 3.26. The first kappa shape index (κ1) is 13.5. The molecule has 1 unspecified atom stereocenters. The average Bonchev–Trinajstić information content (AvgIpc) is 2.16. The maximum atomic E-state index is 3.99. The van der Waals surface area contributed by atoms with Crippen LogP contribution in [-0.4, -0.2) is 6.54 Å². The fourth-order valence-corrected chi connectivity index (χ4v) is 1.27. The Hall–Kier alpha value is -0.460. The molecule has 84 valence electrons. The topological polar surface area (TPSA) is 12.0 Å². The van der Waals surface area contributed by atoms with Gasteiger partial charge in [0.25, 0.3) is 0 Å². The standard InChI is InChI=1S/C13H27N/c1-6-12(4)9-7-8-10-14-13(5)11(2)3/h11-12,14H,5-10H2,1-4H3. The van der Waals surface area contributed by atoms with E-state index in [0.29, 0.717) is 5.92 Å². The molecule has 14 heavy (non-hydrogen) atoms. The van der Waals surface area contributed by atoms with E-state index in [1.165, 1.54) is 31.4 Å². The van der Waals surface area contributed by atoms with E-state index < -0.39 is 0 Å². The quantitative estimate of drug-likeness (QED) is 0.581. The second-order valence-corrected chi connectivity index (χ2v) is 4.62. The van der Waals surface area contributed by atoms with Gasteiger partial charge < -0.3 is 5.32 Å². The van der Waals surface area contributed by atoms with Crippen LogP contribution in [0.1, 0.15) is 53.4 Å². The molecule has 0 amide bonds. The fraction of sp³-hybridized carbons (Fsp3) is 0.846. The summed E-state index contributed by atoms with van der Waals surface area (Å²) in [6.45, 7) is 14.0. The molecule has 0 aliphatic carbocycles. The first-order chi connectivity index (χ1) is 6.57. The summed E-state index contributed by atoms with van der Waals surface area (Å²) in [6.07, 6.45) is 5.29. The molecule has 0 bridgehead atoms. The third kappa shape index (κ3) is 6.99. The van der Waals surface area contributed by atoms with Crippen molar-refractivity contribution in [2.45, 2.75) is 53.4 Å². The number of rotatable bonds is 8. The van der Waals surface area contributed by atoms with Crippen LogP contribution in [0, 0.1) is 11.8 Å². The zero-order chi connectivity index (χ0) is 11.0. The molecule has 0 saturated carbocycles. The van der Waals surface area contributed by atoms with Crippen molar-refractivity contribution in [3.63, 3.8) is 0 Å². The molecule has 0 aliphatic rings.